The second-order valence-corrected chi connectivity index (χ2v) is 8.37. The van der Waals surface area contributed by atoms with Crippen molar-refractivity contribution < 1.29 is 9.59 Å². The number of hydrogen-bond donors (Lipinski definition) is 2. The van der Waals surface area contributed by atoms with Gasteiger partial charge in [-0.05, 0) is 55.7 Å². The van der Waals surface area contributed by atoms with Crippen LogP contribution in [0, 0.1) is 11.3 Å². The van der Waals surface area contributed by atoms with Gasteiger partial charge in [0.25, 0.3) is 5.91 Å². The van der Waals surface area contributed by atoms with Crippen LogP contribution in [-0.2, 0) is 4.79 Å². The number of amides is 2. The fraction of sp³-hybridized carbons (Fsp3) is 0.636. The van der Waals surface area contributed by atoms with Crippen LogP contribution >= 0.6 is 12.4 Å². The second-order valence-electron chi connectivity index (χ2n) is 8.37. The summed E-state index contributed by atoms with van der Waals surface area (Å²) >= 11 is 0. The standard InChI is InChI=1S/C22H33N3O2.ClH/c23-17-22(11-5-2-6-12-22)14-20(26)25-13-7-8-18(16-25)15-24-21(27)19-9-3-1-4-10-19;/h1,3-4,9-10,18H,2,5-8,11-17,23H2,(H,24,27);1H. The average molecular weight is 408 g/mol. The molecule has 1 aliphatic heterocycles. The van der Waals surface area contributed by atoms with Gasteiger partial charge in [-0.25, -0.2) is 0 Å². The lowest BCUT2D eigenvalue weighted by Crippen LogP contribution is -2.46. The molecule has 6 heteroatoms. The van der Waals surface area contributed by atoms with Gasteiger partial charge in [0.05, 0.1) is 0 Å². The molecule has 1 atom stereocenters. The van der Waals surface area contributed by atoms with Crippen LogP contribution in [0.2, 0.25) is 0 Å². The van der Waals surface area contributed by atoms with E-state index in [9.17, 15) is 9.59 Å². The predicted molar refractivity (Wildman–Crippen MR) is 115 cm³/mol. The van der Waals surface area contributed by atoms with Gasteiger partial charge in [0.1, 0.15) is 0 Å². The topological polar surface area (TPSA) is 75.4 Å². The third-order valence-corrected chi connectivity index (χ3v) is 6.33. The molecule has 1 heterocycles. The largest absolute Gasteiger partial charge is 0.352 e. The number of rotatable bonds is 6. The van der Waals surface area contributed by atoms with Crippen LogP contribution in [0.3, 0.4) is 0 Å². The molecule has 1 saturated carbocycles. The van der Waals surface area contributed by atoms with Crippen molar-refractivity contribution in [2.75, 3.05) is 26.2 Å². The molecule has 28 heavy (non-hydrogen) atoms. The Morgan fingerprint density at radius 2 is 1.82 bits per heavy atom. The molecule has 2 aliphatic rings. The van der Waals surface area contributed by atoms with E-state index in [-0.39, 0.29) is 29.6 Å². The number of halogens is 1. The summed E-state index contributed by atoms with van der Waals surface area (Å²) in [7, 11) is 0. The van der Waals surface area contributed by atoms with Crippen molar-refractivity contribution in [3.8, 4) is 0 Å². The van der Waals surface area contributed by atoms with Crippen molar-refractivity contribution in [3.05, 3.63) is 35.9 Å². The van der Waals surface area contributed by atoms with E-state index in [1.807, 2.05) is 35.2 Å². The third kappa shape index (κ3) is 5.95. The normalized spacial score (nSPS) is 21.5. The van der Waals surface area contributed by atoms with Gasteiger partial charge in [0.2, 0.25) is 5.91 Å². The molecule has 156 valence electrons. The summed E-state index contributed by atoms with van der Waals surface area (Å²) in [6, 6.07) is 9.29. The summed E-state index contributed by atoms with van der Waals surface area (Å²) in [6.07, 6.45) is 8.47. The lowest BCUT2D eigenvalue weighted by molar-refractivity contribution is -0.136. The number of piperidine rings is 1. The Hall–Kier alpha value is -1.59. The number of nitrogens with two attached hydrogens (primary N) is 1. The predicted octanol–water partition coefficient (Wildman–Crippen LogP) is 3.38. The van der Waals surface area contributed by atoms with Crippen molar-refractivity contribution >= 4 is 24.2 Å². The van der Waals surface area contributed by atoms with Crippen LogP contribution < -0.4 is 11.1 Å². The van der Waals surface area contributed by atoms with Crippen molar-refractivity contribution in [1.82, 2.24) is 10.2 Å². The molecule has 3 N–H and O–H groups in total. The van der Waals surface area contributed by atoms with Crippen LogP contribution in [0.4, 0.5) is 0 Å². The Bertz CT molecular complexity index is 632. The zero-order valence-electron chi connectivity index (χ0n) is 16.7. The van der Waals surface area contributed by atoms with Crippen LogP contribution in [0.1, 0.15) is 61.7 Å². The Balaban J connectivity index is 0.00000280. The maximum atomic E-state index is 12.9. The lowest BCUT2D eigenvalue weighted by Gasteiger charge is -2.39. The van der Waals surface area contributed by atoms with Crippen LogP contribution in [0.5, 0.6) is 0 Å². The van der Waals surface area contributed by atoms with E-state index in [2.05, 4.69) is 5.32 Å². The van der Waals surface area contributed by atoms with E-state index in [0.717, 1.165) is 38.8 Å². The first-order valence-electron chi connectivity index (χ1n) is 10.4. The Labute approximate surface area is 174 Å². The van der Waals surface area contributed by atoms with Gasteiger partial charge in [-0.3, -0.25) is 9.59 Å². The van der Waals surface area contributed by atoms with E-state index < -0.39 is 0 Å². The highest BCUT2D eigenvalue weighted by molar-refractivity contribution is 5.94. The SMILES string of the molecule is Cl.NCC1(CC(=O)N2CCCC(CNC(=O)c3ccccc3)C2)CCCCC1. The summed E-state index contributed by atoms with van der Waals surface area (Å²) in [4.78, 5) is 27.2. The van der Waals surface area contributed by atoms with E-state index in [1.165, 1.54) is 19.3 Å². The van der Waals surface area contributed by atoms with Gasteiger partial charge >= 0.3 is 0 Å². The van der Waals surface area contributed by atoms with Crippen LogP contribution in [0.25, 0.3) is 0 Å². The summed E-state index contributed by atoms with van der Waals surface area (Å²) in [6.45, 7) is 2.82. The molecule has 0 spiro atoms. The van der Waals surface area contributed by atoms with Gasteiger partial charge in [0, 0.05) is 31.6 Å². The monoisotopic (exact) mass is 407 g/mol. The zero-order chi connectivity index (χ0) is 19.1. The fourth-order valence-corrected chi connectivity index (χ4v) is 4.57. The number of carbonyl (C=O) groups is 2. The van der Waals surface area contributed by atoms with Crippen molar-refractivity contribution in [2.45, 2.75) is 51.4 Å². The van der Waals surface area contributed by atoms with Crippen molar-refractivity contribution in [2.24, 2.45) is 17.1 Å². The molecule has 1 aliphatic carbocycles. The van der Waals surface area contributed by atoms with E-state index >= 15 is 0 Å². The van der Waals surface area contributed by atoms with Crippen LogP contribution in [0.15, 0.2) is 30.3 Å². The number of benzene rings is 1. The highest BCUT2D eigenvalue weighted by Gasteiger charge is 2.35. The molecule has 3 rings (SSSR count). The van der Waals surface area contributed by atoms with Gasteiger partial charge in [-0.1, -0.05) is 37.5 Å². The van der Waals surface area contributed by atoms with Crippen molar-refractivity contribution in [1.29, 1.82) is 0 Å². The minimum absolute atomic E-state index is 0. The number of nitrogens with one attached hydrogen (secondary N) is 1. The summed E-state index contributed by atoms with van der Waals surface area (Å²) in [5.74, 6) is 0.542. The molecule has 0 bridgehead atoms. The van der Waals surface area contributed by atoms with Crippen LogP contribution in [-0.4, -0.2) is 42.9 Å². The Kier molecular flexibility index (Phi) is 8.77. The first-order valence-corrected chi connectivity index (χ1v) is 10.4. The molecule has 2 amide bonds. The molecule has 5 nitrogen and oxygen atoms in total. The molecular formula is C22H34ClN3O2. The van der Waals surface area contributed by atoms with E-state index in [0.29, 0.717) is 31.0 Å². The summed E-state index contributed by atoms with van der Waals surface area (Å²) < 4.78 is 0. The van der Waals surface area contributed by atoms with Gasteiger partial charge in [0.15, 0.2) is 0 Å². The average Bonchev–Trinajstić information content (AvgIpc) is 2.73. The smallest absolute Gasteiger partial charge is 0.251 e. The number of hydrogen-bond acceptors (Lipinski definition) is 3. The zero-order valence-corrected chi connectivity index (χ0v) is 17.5. The third-order valence-electron chi connectivity index (χ3n) is 6.33. The first-order chi connectivity index (χ1) is 13.1. The van der Waals surface area contributed by atoms with Gasteiger partial charge < -0.3 is 16.0 Å². The maximum Gasteiger partial charge on any atom is 0.251 e. The van der Waals surface area contributed by atoms with E-state index in [4.69, 9.17) is 5.73 Å². The fourth-order valence-electron chi connectivity index (χ4n) is 4.57. The van der Waals surface area contributed by atoms with E-state index in [1.54, 1.807) is 0 Å². The van der Waals surface area contributed by atoms with Crippen molar-refractivity contribution in [3.63, 3.8) is 0 Å². The molecule has 2 fully saturated rings. The molecule has 1 saturated heterocycles. The molecule has 1 unspecified atom stereocenters. The van der Waals surface area contributed by atoms with Gasteiger partial charge in [-0.15, -0.1) is 12.4 Å². The summed E-state index contributed by atoms with van der Waals surface area (Å²) in [5, 5.41) is 3.03. The quantitative estimate of drug-likeness (QED) is 0.759. The van der Waals surface area contributed by atoms with Gasteiger partial charge in [-0.2, -0.15) is 0 Å². The lowest BCUT2D eigenvalue weighted by atomic mass is 9.71. The number of carbonyl (C=O) groups excluding carboxylic acids is 2. The Morgan fingerprint density at radius 1 is 1.11 bits per heavy atom. The molecule has 1 aromatic carbocycles. The molecular weight excluding hydrogens is 374 g/mol. The second kappa shape index (κ2) is 10.8. The summed E-state index contributed by atoms with van der Waals surface area (Å²) in [5.41, 5.74) is 6.76. The minimum atomic E-state index is -0.0386. The maximum absolute atomic E-state index is 12.9. The molecule has 1 aromatic rings. The number of nitrogens with zero attached hydrogens (tertiary/aromatic N) is 1. The highest BCUT2D eigenvalue weighted by atomic mass is 35.5. The highest BCUT2D eigenvalue weighted by Crippen LogP contribution is 2.39. The number of likely N-dealkylation sites (tertiary alicyclic amines) is 1. The first kappa shape index (κ1) is 22.7. The molecule has 0 aromatic heterocycles. The minimum Gasteiger partial charge on any atom is -0.352 e. The Morgan fingerprint density at radius 3 is 2.50 bits per heavy atom. The molecule has 0 radical (unpaired) electrons.